The second-order valence-corrected chi connectivity index (χ2v) is 6.82. The molecule has 3 aromatic rings. The first-order valence-corrected chi connectivity index (χ1v) is 8.82. The predicted molar refractivity (Wildman–Crippen MR) is 96.2 cm³/mol. The fraction of sp³-hybridized carbons (Fsp3) is 0.294. The van der Waals surface area contributed by atoms with E-state index in [1.165, 1.54) is 6.07 Å². The molecule has 3 heterocycles. The number of pyridine rings is 1. The Balaban J connectivity index is 1.78. The van der Waals surface area contributed by atoms with Crippen LogP contribution in [0.2, 0.25) is 0 Å². The molecule has 0 N–H and O–H groups in total. The van der Waals surface area contributed by atoms with Gasteiger partial charge in [0, 0.05) is 41.0 Å². The van der Waals surface area contributed by atoms with Gasteiger partial charge in [0.1, 0.15) is 11.1 Å². The number of para-hydroxylation sites is 1. The molecule has 128 valence electrons. The minimum absolute atomic E-state index is 0.0344. The number of aryl methyl sites for hydroxylation is 1. The standard InChI is InChI=1S/C17H16N4O3S/c1-11-9-14(12-3-2-4-13(21(22)23)16(12)19-11)20-6-7-24-15(10-20)17-18-5-8-25-17/h2-5,8-9,15H,6-7,10H2,1H3. The Labute approximate surface area is 148 Å². The second-order valence-electron chi connectivity index (χ2n) is 5.89. The highest BCUT2D eigenvalue weighted by Crippen LogP contribution is 2.34. The van der Waals surface area contributed by atoms with Gasteiger partial charge in [0.05, 0.1) is 18.1 Å². The van der Waals surface area contributed by atoms with Crippen LogP contribution < -0.4 is 4.90 Å². The number of rotatable bonds is 3. The van der Waals surface area contributed by atoms with E-state index in [4.69, 9.17) is 4.74 Å². The molecule has 8 heteroatoms. The highest BCUT2D eigenvalue weighted by atomic mass is 32.1. The number of nitro groups is 1. The lowest BCUT2D eigenvalue weighted by atomic mass is 10.1. The van der Waals surface area contributed by atoms with E-state index < -0.39 is 0 Å². The summed E-state index contributed by atoms with van der Waals surface area (Å²) in [5.41, 5.74) is 2.18. The summed E-state index contributed by atoms with van der Waals surface area (Å²) in [4.78, 5) is 21.9. The normalized spacial score (nSPS) is 17.8. The number of aromatic nitrogens is 2. The predicted octanol–water partition coefficient (Wildman–Crippen LogP) is 3.49. The summed E-state index contributed by atoms with van der Waals surface area (Å²) >= 11 is 1.58. The summed E-state index contributed by atoms with van der Waals surface area (Å²) in [5.74, 6) is 0. The smallest absolute Gasteiger partial charge is 0.295 e. The van der Waals surface area contributed by atoms with E-state index in [0.717, 1.165) is 28.3 Å². The van der Waals surface area contributed by atoms with Gasteiger partial charge in [-0.3, -0.25) is 10.1 Å². The molecule has 4 rings (SSSR count). The largest absolute Gasteiger partial charge is 0.367 e. The van der Waals surface area contributed by atoms with Gasteiger partial charge in [0.15, 0.2) is 5.52 Å². The number of hydrogen-bond donors (Lipinski definition) is 0. The number of hydrogen-bond acceptors (Lipinski definition) is 7. The Kier molecular flexibility index (Phi) is 4.06. The summed E-state index contributed by atoms with van der Waals surface area (Å²) in [7, 11) is 0. The van der Waals surface area contributed by atoms with Gasteiger partial charge in [-0.2, -0.15) is 0 Å². The molecule has 0 bridgehead atoms. The molecule has 1 atom stereocenters. The molecular formula is C17H16N4O3S. The van der Waals surface area contributed by atoms with Crippen LogP contribution in [0, 0.1) is 17.0 Å². The molecule has 0 spiro atoms. The molecule has 25 heavy (non-hydrogen) atoms. The number of nitrogens with zero attached hydrogens (tertiary/aromatic N) is 4. The van der Waals surface area contributed by atoms with Gasteiger partial charge < -0.3 is 9.64 Å². The fourth-order valence-corrected chi connectivity index (χ4v) is 3.84. The highest BCUT2D eigenvalue weighted by molar-refractivity contribution is 7.09. The van der Waals surface area contributed by atoms with E-state index in [2.05, 4.69) is 14.9 Å². The molecule has 1 unspecified atom stereocenters. The number of non-ortho nitro benzene ring substituents is 1. The van der Waals surface area contributed by atoms with E-state index >= 15 is 0 Å². The van der Waals surface area contributed by atoms with E-state index in [0.29, 0.717) is 18.7 Å². The number of fused-ring (bicyclic) bond motifs is 1. The Morgan fingerprint density at radius 2 is 2.32 bits per heavy atom. The number of ether oxygens (including phenoxy) is 1. The average molecular weight is 356 g/mol. The van der Waals surface area contributed by atoms with Crippen molar-refractivity contribution in [3.63, 3.8) is 0 Å². The van der Waals surface area contributed by atoms with Crippen LogP contribution in [-0.2, 0) is 4.74 Å². The van der Waals surface area contributed by atoms with Crippen LogP contribution in [-0.4, -0.2) is 34.6 Å². The molecule has 1 fully saturated rings. The lowest BCUT2D eigenvalue weighted by Gasteiger charge is -2.34. The van der Waals surface area contributed by atoms with Crippen LogP contribution in [0.15, 0.2) is 35.8 Å². The topological polar surface area (TPSA) is 81.4 Å². The van der Waals surface area contributed by atoms with Gasteiger partial charge in [0.25, 0.3) is 5.69 Å². The van der Waals surface area contributed by atoms with Gasteiger partial charge in [0.2, 0.25) is 0 Å². The van der Waals surface area contributed by atoms with Crippen molar-refractivity contribution in [2.45, 2.75) is 13.0 Å². The van der Waals surface area contributed by atoms with Crippen molar-refractivity contribution >= 4 is 33.6 Å². The Bertz CT molecular complexity index is 929. The summed E-state index contributed by atoms with van der Waals surface area (Å²) < 4.78 is 5.86. The summed E-state index contributed by atoms with van der Waals surface area (Å²) in [5, 5.41) is 15.0. The third kappa shape index (κ3) is 2.94. The molecule has 0 aliphatic carbocycles. The van der Waals surface area contributed by atoms with Crippen LogP contribution in [0.25, 0.3) is 10.9 Å². The monoisotopic (exact) mass is 356 g/mol. The third-order valence-corrected chi connectivity index (χ3v) is 5.12. The molecule has 1 saturated heterocycles. The number of thiazole rings is 1. The zero-order valence-electron chi connectivity index (χ0n) is 13.6. The molecule has 1 aliphatic rings. The van der Waals surface area contributed by atoms with E-state index in [9.17, 15) is 10.1 Å². The van der Waals surface area contributed by atoms with Crippen molar-refractivity contribution in [2.24, 2.45) is 0 Å². The van der Waals surface area contributed by atoms with Crippen LogP contribution in [0.5, 0.6) is 0 Å². The first-order valence-electron chi connectivity index (χ1n) is 7.94. The highest BCUT2D eigenvalue weighted by Gasteiger charge is 2.26. The second kappa shape index (κ2) is 6.38. The maximum Gasteiger partial charge on any atom is 0.295 e. The van der Waals surface area contributed by atoms with Gasteiger partial charge in [-0.15, -0.1) is 11.3 Å². The van der Waals surface area contributed by atoms with E-state index in [1.807, 2.05) is 24.4 Å². The summed E-state index contributed by atoms with van der Waals surface area (Å²) in [6.07, 6.45) is 1.69. The first-order chi connectivity index (χ1) is 12.1. The summed E-state index contributed by atoms with van der Waals surface area (Å²) in [6, 6.07) is 7.07. The maximum atomic E-state index is 11.3. The van der Waals surface area contributed by atoms with Gasteiger partial charge in [-0.1, -0.05) is 12.1 Å². The van der Waals surface area contributed by atoms with Crippen molar-refractivity contribution < 1.29 is 9.66 Å². The number of anilines is 1. The number of morpholine rings is 1. The van der Waals surface area contributed by atoms with E-state index in [-0.39, 0.29) is 16.7 Å². The van der Waals surface area contributed by atoms with Gasteiger partial charge in [-0.25, -0.2) is 9.97 Å². The lowest BCUT2D eigenvalue weighted by Crippen LogP contribution is -2.38. The molecule has 1 aromatic carbocycles. The molecule has 1 aliphatic heterocycles. The number of nitro benzene ring substituents is 1. The third-order valence-electron chi connectivity index (χ3n) is 4.26. The maximum absolute atomic E-state index is 11.3. The SMILES string of the molecule is Cc1cc(N2CCOC(c3nccs3)C2)c2cccc([N+](=O)[O-])c2n1. The molecule has 0 radical (unpaired) electrons. The van der Waals surface area contributed by atoms with Crippen molar-refractivity contribution in [3.05, 3.63) is 56.7 Å². The zero-order chi connectivity index (χ0) is 17.4. The van der Waals surface area contributed by atoms with Crippen LogP contribution in [0.4, 0.5) is 11.4 Å². The van der Waals surface area contributed by atoms with E-state index in [1.54, 1.807) is 23.6 Å². The lowest BCUT2D eigenvalue weighted by molar-refractivity contribution is -0.383. The quantitative estimate of drug-likeness (QED) is 0.528. The van der Waals surface area contributed by atoms with Crippen molar-refractivity contribution in [1.29, 1.82) is 0 Å². The van der Waals surface area contributed by atoms with Crippen molar-refractivity contribution in [2.75, 3.05) is 24.6 Å². The molecular weight excluding hydrogens is 340 g/mol. The Hall–Kier alpha value is -2.58. The van der Waals surface area contributed by atoms with Gasteiger partial charge >= 0.3 is 0 Å². The minimum Gasteiger partial charge on any atom is -0.367 e. The molecule has 0 saturated carbocycles. The van der Waals surface area contributed by atoms with Crippen LogP contribution in [0.1, 0.15) is 16.8 Å². The molecule has 2 aromatic heterocycles. The Morgan fingerprint density at radius 1 is 1.44 bits per heavy atom. The van der Waals surface area contributed by atoms with Crippen LogP contribution >= 0.6 is 11.3 Å². The summed E-state index contributed by atoms with van der Waals surface area (Å²) in [6.45, 7) is 3.83. The minimum atomic E-state index is -0.379. The molecule has 7 nitrogen and oxygen atoms in total. The first kappa shape index (κ1) is 15.9. The van der Waals surface area contributed by atoms with Crippen molar-refractivity contribution in [1.82, 2.24) is 9.97 Å². The fourth-order valence-electron chi connectivity index (χ4n) is 3.16. The van der Waals surface area contributed by atoms with Gasteiger partial charge in [-0.05, 0) is 13.0 Å². The molecule has 0 amide bonds. The Morgan fingerprint density at radius 3 is 3.08 bits per heavy atom. The average Bonchev–Trinajstić information content (AvgIpc) is 3.15. The number of benzene rings is 1. The zero-order valence-corrected chi connectivity index (χ0v) is 14.4. The van der Waals surface area contributed by atoms with Crippen LogP contribution in [0.3, 0.4) is 0 Å². The van der Waals surface area contributed by atoms with Crippen molar-refractivity contribution in [3.8, 4) is 0 Å².